The molecule has 2 N–H and O–H groups in total. The Morgan fingerprint density at radius 1 is 1.21 bits per heavy atom. The van der Waals surface area contributed by atoms with Gasteiger partial charge in [0.2, 0.25) is 0 Å². The number of benzene rings is 1. The lowest BCUT2D eigenvalue weighted by atomic mass is 10.2. The van der Waals surface area contributed by atoms with E-state index in [1.165, 1.54) is 0 Å². The number of hydrogen-bond donors (Lipinski definition) is 2. The van der Waals surface area contributed by atoms with Gasteiger partial charge in [0.1, 0.15) is 0 Å². The molecule has 7 nitrogen and oxygen atoms in total. The molecule has 1 heterocycles. The van der Waals surface area contributed by atoms with Crippen LogP contribution in [0.3, 0.4) is 0 Å². The fourth-order valence-corrected chi connectivity index (χ4v) is 3.23. The summed E-state index contributed by atoms with van der Waals surface area (Å²) < 4.78 is 35.8. The Hall–Kier alpha value is -2.13. The Morgan fingerprint density at radius 3 is 2.55 bits per heavy atom. The summed E-state index contributed by atoms with van der Waals surface area (Å²) in [6.45, 7) is 6.68. The minimum absolute atomic E-state index is 0.0538. The van der Waals surface area contributed by atoms with E-state index in [-0.39, 0.29) is 12.3 Å². The number of hydrogen-bond acceptors (Lipinski definition) is 5. The quantitative estimate of drug-likeness (QED) is 0.477. The third kappa shape index (κ3) is 7.32. The summed E-state index contributed by atoms with van der Waals surface area (Å²) in [5.41, 5.74) is 0.575. The molecule has 0 saturated carbocycles. The molecular formula is C20H33F2N5O2. The van der Waals surface area contributed by atoms with Gasteiger partial charge in [0.25, 0.3) is 0 Å². The van der Waals surface area contributed by atoms with E-state index in [4.69, 9.17) is 9.47 Å². The van der Waals surface area contributed by atoms with Crippen molar-refractivity contribution in [1.82, 2.24) is 20.4 Å². The number of alkyl halides is 2. The fraction of sp³-hybridized carbons (Fsp3) is 0.650. The molecule has 1 saturated heterocycles. The van der Waals surface area contributed by atoms with Crippen LogP contribution < -0.4 is 20.1 Å². The smallest absolute Gasteiger partial charge is 0.387 e. The number of likely N-dealkylation sites (N-methyl/N-ethyl adjacent to an activating group) is 1. The first-order valence-corrected chi connectivity index (χ1v) is 10.0. The van der Waals surface area contributed by atoms with Crippen LogP contribution in [0.4, 0.5) is 8.78 Å². The third-order valence-electron chi connectivity index (χ3n) is 4.96. The van der Waals surface area contributed by atoms with Crippen LogP contribution in [0, 0.1) is 0 Å². The van der Waals surface area contributed by atoms with E-state index in [0.717, 1.165) is 32.7 Å². The number of rotatable bonds is 9. The molecule has 1 aliphatic rings. The van der Waals surface area contributed by atoms with Gasteiger partial charge in [0.05, 0.1) is 6.61 Å². The summed E-state index contributed by atoms with van der Waals surface area (Å²) >= 11 is 0. The van der Waals surface area contributed by atoms with Crippen LogP contribution in [-0.4, -0.2) is 81.8 Å². The molecule has 0 bridgehead atoms. The summed E-state index contributed by atoms with van der Waals surface area (Å²) in [7, 11) is 3.82. The highest BCUT2D eigenvalue weighted by Crippen LogP contribution is 2.32. The van der Waals surface area contributed by atoms with Crippen molar-refractivity contribution >= 4 is 5.96 Å². The summed E-state index contributed by atoms with van der Waals surface area (Å²) in [6.07, 6.45) is 0. The summed E-state index contributed by atoms with van der Waals surface area (Å²) in [5, 5.41) is 6.48. The molecule has 0 amide bonds. The Morgan fingerprint density at radius 2 is 1.93 bits per heavy atom. The lowest BCUT2D eigenvalue weighted by Crippen LogP contribution is -2.52. The van der Waals surface area contributed by atoms with E-state index in [2.05, 4.69) is 39.4 Å². The Kier molecular flexibility index (Phi) is 9.40. The van der Waals surface area contributed by atoms with Gasteiger partial charge >= 0.3 is 6.61 Å². The van der Waals surface area contributed by atoms with E-state index in [0.29, 0.717) is 29.9 Å². The van der Waals surface area contributed by atoms with Gasteiger partial charge in [-0.25, -0.2) is 0 Å². The van der Waals surface area contributed by atoms with Gasteiger partial charge in [0, 0.05) is 57.9 Å². The van der Waals surface area contributed by atoms with E-state index in [1.54, 1.807) is 32.2 Å². The van der Waals surface area contributed by atoms with Gasteiger partial charge < -0.3 is 25.0 Å². The van der Waals surface area contributed by atoms with Crippen LogP contribution in [-0.2, 0) is 6.54 Å². The molecule has 1 fully saturated rings. The molecule has 0 aliphatic carbocycles. The van der Waals surface area contributed by atoms with Gasteiger partial charge in [-0.15, -0.1) is 0 Å². The van der Waals surface area contributed by atoms with Crippen LogP contribution in [0.25, 0.3) is 0 Å². The van der Waals surface area contributed by atoms with Crippen LogP contribution in [0.15, 0.2) is 23.2 Å². The third-order valence-corrected chi connectivity index (χ3v) is 4.96. The molecular weight excluding hydrogens is 380 g/mol. The fourth-order valence-electron chi connectivity index (χ4n) is 3.23. The van der Waals surface area contributed by atoms with E-state index >= 15 is 0 Å². The monoisotopic (exact) mass is 413 g/mol. The lowest BCUT2D eigenvalue weighted by Gasteiger charge is -2.36. The van der Waals surface area contributed by atoms with Gasteiger partial charge in [-0.3, -0.25) is 9.89 Å². The zero-order chi connectivity index (χ0) is 21.2. The van der Waals surface area contributed by atoms with Gasteiger partial charge in [0.15, 0.2) is 17.5 Å². The van der Waals surface area contributed by atoms with Crippen molar-refractivity contribution in [3.8, 4) is 11.5 Å². The summed E-state index contributed by atoms with van der Waals surface area (Å²) in [6, 6.07) is 5.47. The number of halogens is 2. The molecule has 1 atom stereocenters. The second kappa shape index (κ2) is 11.8. The van der Waals surface area contributed by atoms with Crippen molar-refractivity contribution < 1.29 is 18.3 Å². The average Bonchev–Trinajstić information content (AvgIpc) is 2.70. The average molecular weight is 414 g/mol. The standard InChI is InChI=1S/C20H33F2N5O2/c1-5-28-17-8-6-7-16(18(17)29-19(21)22)14-25-20(23-3)24-13-15(2)27-11-9-26(4)10-12-27/h6-8,15,19H,5,9-14H2,1-4H3,(H2,23,24,25). The number of para-hydroxylation sites is 1. The highest BCUT2D eigenvalue weighted by atomic mass is 19.3. The number of nitrogens with one attached hydrogen (secondary N) is 2. The SMILES string of the molecule is CCOc1cccc(CNC(=NC)NCC(C)N2CCN(C)CC2)c1OC(F)F. The van der Waals surface area contributed by atoms with Crippen LogP contribution in [0.1, 0.15) is 19.4 Å². The maximum atomic E-state index is 12.9. The minimum atomic E-state index is -2.92. The van der Waals surface area contributed by atoms with Gasteiger partial charge in [-0.2, -0.15) is 8.78 Å². The molecule has 1 aliphatic heterocycles. The largest absolute Gasteiger partial charge is 0.490 e. The van der Waals surface area contributed by atoms with Crippen molar-refractivity contribution in [3.05, 3.63) is 23.8 Å². The van der Waals surface area contributed by atoms with Crippen LogP contribution in [0.2, 0.25) is 0 Å². The summed E-state index contributed by atoms with van der Waals surface area (Å²) in [5.74, 6) is 0.965. The highest BCUT2D eigenvalue weighted by molar-refractivity contribution is 5.79. The second-order valence-electron chi connectivity index (χ2n) is 7.05. The first-order chi connectivity index (χ1) is 13.9. The molecule has 1 unspecified atom stereocenters. The van der Waals surface area contributed by atoms with E-state index in [1.807, 2.05) is 0 Å². The topological polar surface area (TPSA) is 61.4 Å². The van der Waals surface area contributed by atoms with Crippen molar-refractivity contribution in [3.63, 3.8) is 0 Å². The normalized spacial score (nSPS) is 17.3. The van der Waals surface area contributed by atoms with E-state index < -0.39 is 6.61 Å². The zero-order valence-corrected chi connectivity index (χ0v) is 17.8. The van der Waals surface area contributed by atoms with Crippen LogP contribution in [0.5, 0.6) is 11.5 Å². The molecule has 29 heavy (non-hydrogen) atoms. The first kappa shape index (κ1) is 23.2. The van der Waals surface area contributed by atoms with Crippen molar-refractivity contribution in [2.75, 3.05) is 53.4 Å². The Balaban J connectivity index is 1.92. The number of guanidine groups is 1. The predicted octanol–water partition coefficient (Wildman–Crippen LogP) is 1.99. The maximum absolute atomic E-state index is 12.9. The van der Waals surface area contributed by atoms with Crippen molar-refractivity contribution in [2.24, 2.45) is 4.99 Å². The number of nitrogens with zero attached hydrogens (tertiary/aromatic N) is 3. The lowest BCUT2D eigenvalue weighted by molar-refractivity contribution is -0.0520. The van der Waals surface area contributed by atoms with Gasteiger partial charge in [-0.05, 0) is 27.0 Å². The number of piperazine rings is 1. The molecule has 164 valence electrons. The second-order valence-corrected chi connectivity index (χ2v) is 7.05. The minimum Gasteiger partial charge on any atom is -0.490 e. The number of ether oxygens (including phenoxy) is 2. The molecule has 2 rings (SSSR count). The van der Waals surface area contributed by atoms with Crippen molar-refractivity contribution in [2.45, 2.75) is 33.0 Å². The highest BCUT2D eigenvalue weighted by Gasteiger charge is 2.19. The Bertz CT molecular complexity index is 652. The summed E-state index contributed by atoms with van der Waals surface area (Å²) in [4.78, 5) is 9.00. The van der Waals surface area contributed by atoms with E-state index in [9.17, 15) is 8.78 Å². The zero-order valence-electron chi connectivity index (χ0n) is 17.8. The van der Waals surface area contributed by atoms with Crippen molar-refractivity contribution in [1.29, 1.82) is 0 Å². The Labute approximate surface area is 172 Å². The molecule has 0 aromatic heterocycles. The van der Waals surface area contributed by atoms with Crippen LogP contribution >= 0.6 is 0 Å². The molecule has 9 heteroatoms. The molecule has 1 aromatic carbocycles. The predicted molar refractivity (Wildman–Crippen MR) is 111 cm³/mol. The maximum Gasteiger partial charge on any atom is 0.387 e. The molecule has 0 spiro atoms. The molecule has 0 radical (unpaired) electrons. The first-order valence-electron chi connectivity index (χ1n) is 10.0. The number of aliphatic imine (C=N–C) groups is 1. The molecule has 1 aromatic rings. The van der Waals surface area contributed by atoms with Gasteiger partial charge in [-0.1, -0.05) is 12.1 Å².